The Morgan fingerprint density at radius 1 is 1.24 bits per heavy atom. The fourth-order valence-electron chi connectivity index (χ4n) is 3.95. The van der Waals surface area contributed by atoms with Crippen LogP contribution in [0.5, 0.6) is 0 Å². The van der Waals surface area contributed by atoms with Gasteiger partial charge in [-0.1, -0.05) is 25.1 Å². The van der Waals surface area contributed by atoms with Crippen LogP contribution in [0.4, 0.5) is 0 Å². The molecule has 5 rings (SSSR count). The summed E-state index contributed by atoms with van der Waals surface area (Å²) < 4.78 is 6.97. The summed E-state index contributed by atoms with van der Waals surface area (Å²) in [5, 5.41) is 1.07. The zero-order chi connectivity index (χ0) is 17.1. The Morgan fingerprint density at radius 3 is 2.92 bits per heavy atom. The number of para-hydroxylation sites is 1. The SMILES string of the molecule is CCC1C(=O)OCc2c1cc1n(c2=O)Cc2cc3ccccc3nc2-1. The number of esters is 1. The molecule has 2 aliphatic rings. The lowest BCUT2D eigenvalue weighted by atomic mass is 9.90. The predicted octanol–water partition coefficient (Wildman–Crippen LogP) is 2.98. The number of carbonyl (C=O) groups excluding carboxylic acids is 1. The number of benzene rings is 1. The van der Waals surface area contributed by atoms with Crippen LogP contribution < -0.4 is 5.56 Å². The van der Waals surface area contributed by atoms with Crippen LogP contribution in [-0.2, 0) is 22.7 Å². The van der Waals surface area contributed by atoms with E-state index in [4.69, 9.17) is 9.72 Å². The van der Waals surface area contributed by atoms with Crippen molar-refractivity contribution in [2.45, 2.75) is 32.4 Å². The lowest BCUT2D eigenvalue weighted by Crippen LogP contribution is -2.32. The van der Waals surface area contributed by atoms with Gasteiger partial charge in [0.25, 0.3) is 5.56 Å². The molecule has 0 fully saturated rings. The van der Waals surface area contributed by atoms with Gasteiger partial charge in [-0.25, -0.2) is 4.98 Å². The monoisotopic (exact) mass is 332 g/mol. The Labute approximate surface area is 143 Å². The highest BCUT2D eigenvalue weighted by atomic mass is 16.5. The van der Waals surface area contributed by atoms with Gasteiger partial charge in [0.1, 0.15) is 6.61 Å². The number of carbonyl (C=O) groups is 1. The molecule has 25 heavy (non-hydrogen) atoms. The number of hydrogen-bond acceptors (Lipinski definition) is 4. The first-order valence-electron chi connectivity index (χ1n) is 8.49. The van der Waals surface area contributed by atoms with Crippen LogP contribution in [0.3, 0.4) is 0 Å². The van der Waals surface area contributed by atoms with E-state index < -0.39 is 0 Å². The molecule has 0 saturated carbocycles. The molecule has 5 heteroatoms. The standard InChI is InChI=1S/C20H16N2O3/c1-2-13-14-8-17-18-12(7-11-5-3-4-6-16(11)21-18)9-22(17)19(23)15(14)10-25-20(13)24/h3-8,13H,2,9-10H2,1H3. The van der Waals surface area contributed by atoms with E-state index in [9.17, 15) is 9.59 Å². The molecule has 3 aromatic rings. The van der Waals surface area contributed by atoms with Crippen molar-refractivity contribution in [3.05, 3.63) is 63.4 Å². The minimum Gasteiger partial charge on any atom is -0.460 e. The molecule has 5 nitrogen and oxygen atoms in total. The summed E-state index contributed by atoms with van der Waals surface area (Å²) in [7, 11) is 0. The van der Waals surface area contributed by atoms with Gasteiger partial charge in [0.15, 0.2) is 0 Å². The van der Waals surface area contributed by atoms with Crippen LogP contribution in [0.15, 0.2) is 41.2 Å². The number of fused-ring (bicyclic) bond motifs is 5. The second-order valence-electron chi connectivity index (χ2n) is 6.61. The van der Waals surface area contributed by atoms with Gasteiger partial charge in [0.05, 0.1) is 34.9 Å². The first-order chi connectivity index (χ1) is 12.2. The normalized spacial score (nSPS) is 17.8. The summed E-state index contributed by atoms with van der Waals surface area (Å²) in [6.45, 7) is 2.51. The summed E-state index contributed by atoms with van der Waals surface area (Å²) in [5.74, 6) is -0.615. The fourth-order valence-corrected chi connectivity index (χ4v) is 3.95. The Morgan fingerprint density at radius 2 is 2.08 bits per heavy atom. The number of rotatable bonds is 1. The molecule has 2 aliphatic heterocycles. The number of cyclic esters (lactones) is 1. The average Bonchev–Trinajstić information content (AvgIpc) is 2.98. The lowest BCUT2D eigenvalue weighted by molar-refractivity contribution is -0.148. The third-order valence-corrected chi connectivity index (χ3v) is 5.24. The Hall–Kier alpha value is -2.95. The van der Waals surface area contributed by atoms with Crippen molar-refractivity contribution in [2.75, 3.05) is 0 Å². The van der Waals surface area contributed by atoms with E-state index in [1.165, 1.54) is 0 Å². The topological polar surface area (TPSA) is 61.2 Å². The molecule has 4 heterocycles. The molecule has 0 amide bonds. The van der Waals surface area contributed by atoms with Gasteiger partial charge in [0.2, 0.25) is 0 Å². The highest BCUT2D eigenvalue weighted by Gasteiger charge is 2.33. The first-order valence-corrected chi connectivity index (χ1v) is 8.49. The first kappa shape index (κ1) is 14.4. The number of hydrogen-bond donors (Lipinski definition) is 0. The second-order valence-corrected chi connectivity index (χ2v) is 6.61. The Balaban J connectivity index is 1.79. The minimum absolute atomic E-state index is 0.0650. The molecule has 0 saturated heterocycles. The van der Waals surface area contributed by atoms with Crippen LogP contribution in [0.2, 0.25) is 0 Å². The molecule has 0 bridgehead atoms. The van der Waals surface area contributed by atoms with E-state index in [2.05, 4.69) is 6.07 Å². The highest BCUT2D eigenvalue weighted by molar-refractivity contribution is 5.85. The molecular weight excluding hydrogens is 316 g/mol. The van der Waals surface area contributed by atoms with Crippen molar-refractivity contribution < 1.29 is 9.53 Å². The third kappa shape index (κ3) is 1.92. The van der Waals surface area contributed by atoms with Crippen molar-refractivity contribution in [1.29, 1.82) is 0 Å². The van der Waals surface area contributed by atoms with E-state index >= 15 is 0 Å². The highest BCUT2D eigenvalue weighted by Crippen LogP contribution is 2.36. The maximum atomic E-state index is 13.0. The van der Waals surface area contributed by atoms with Crippen molar-refractivity contribution in [2.24, 2.45) is 0 Å². The third-order valence-electron chi connectivity index (χ3n) is 5.24. The number of aromatic nitrogens is 2. The van der Waals surface area contributed by atoms with E-state index in [0.29, 0.717) is 18.5 Å². The van der Waals surface area contributed by atoms with Crippen LogP contribution in [-0.4, -0.2) is 15.5 Å². The van der Waals surface area contributed by atoms with Gasteiger partial charge in [-0.3, -0.25) is 9.59 Å². The van der Waals surface area contributed by atoms with Crippen LogP contribution in [0, 0.1) is 0 Å². The summed E-state index contributed by atoms with van der Waals surface area (Å²) in [6, 6.07) is 12.0. The molecule has 0 N–H and O–H groups in total. The summed E-state index contributed by atoms with van der Waals surface area (Å²) in [4.78, 5) is 29.8. The van der Waals surface area contributed by atoms with Crippen LogP contribution in [0.1, 0.15) is 36.0 Å². The molecule has 0 radical (unpaired) electrons. The van der Waals surface area contributed by atoms with Gasteiger partial charge in [-0.2, -0.15) is 0 Å². The maximum Gasteiger partial charge on any atom is 0.313 e. The van der Waals surface area contributed by atoms with Crippen molar-refractivity contribution in [1.82, 2.24) is 9.55 Å². The van der Waals surface area contributed by atoms with Crippen molar-refractivity contribution >= 4 is 16.9 Å². The lowest BCUT2D eigenvalue weighted by Gasteiger charge is -2.24. The molecule has 1 unspecified atom stereocenters. The van der Waals surface area contributed by atoms with Gasteiger partial charge in [-0.15, -0.1) is 0 Å². The fraction of sp³-hybridized carbons (Fsp3) is 0.250. The molecule has 0 aliphatic carbocycles. The van der Waals surface area contributed by atoms with E-state index in [-0.39, 0.29) is 24.1 Å². The van der Waals surface area contributed by atoms with E-state index in [1.807, 2.05) is 37.3 Å². The van der Waals surface area contributed by atoms with Crippen LogP contribution in [0.25, 0.3) is 22.3 Å². The van der Waals surface area contributed by atoms with Crippen molar-refractivity contribution in [3.8, 4) is 11.4 Å². The summed E-state index contributed by atoms with van der Waals surface area (Å²) >= 11 is 0. The second kappa shape index (κ2) is 5.02. The van der Waals surface area contributed by atoms with Crippen LogP contribution >= 0.6 is 0 Å². The molecule has 1 atom stereocenters. The Kier molecular flexibility index (Phi) is 2.89. The molecule has 124 valence electrons. The zero-order valence-corrected chi connectivity index (χ0v) is 13.8. The number of nitrogens with zero attached hydrogens (tertiary/aromatic N) is 2. The van der Waals surface area contributed by atoms with E-state index in [1.54, 1.807) is 4.57 Å². The quantitative estimate of drug-likeness (QED) is 0.503. The predicted molar refractivity (Wildman–Crippen MR) is 93.4 cm³/mol. The average molecular weight is 332 g/mol. The number of pyridine rings is 2. The zero-order valence-electron chi connectivity index (χ0n) is 13.8. The molecular formula is C20H16N2O3. The molecule has 1 aromatic carbocycles. The van der Waals surface area contributed by atoms with Gasteiger partial charge in [-0.05, 0) is 30.2 Å². The largest absolute Gasteiger partial charge is 0.460 e. The van der Waals surface area contributed by atoms with Gasteiger partial charge >= 0.3 is 5.97 Å². The smallest absolute Gasteiger partial charge is 0.313 e. The maximum absolute atomic E-state index is 13.0. The van der Waals surface area contributed by atoms with Crippen molar-refractivity contribution in [3.63, 3.8) is 0 Å². The van der Waals surface area contributed by atoms with E-state index in [0.717, 1.165) is 33.4 Å². The minimum atomic E-state index is -0.369. The molecule has 2 aromatic heterocycles. The Bertz CT molecular complexity index is 1110. The summed E-state index contributed by atoms with van der Waals surface area (Å²) in [5.41, 5.74) is 4.93. The van der Waals surface area contributed by atoms with Gasteiger partial charge in [0, 0.05) is 10.9 Å². The number of ether oxygens (including phenoxy) is 1. The summed E-state index contributed by atoms with van der Waals surface area (Å²) in [6.07, 6.45) is 0.618. The molecule has 0 spiro atoms. The van der Waals surface area contributed by atoms with Gasteiger partial charge < -0.3 is 9.30 Å².